The molecule has 0 aliphatic carbocycles. The van der Waals surface area contributed by atoms with Crippen molar-refractivity contribution in [1.29, 1.82) is 0 Å². The summed E-state index contributed by atoms with van der Waals surface area (Å²) in [5, 5.41) is 3.59. The number of amides is 2. The summed E-state index contributed by atoms with van der Waals surface area (Å²) >= 11 is 25.0. The Morgan fingerprint density at radius 1 is 0.895 bits per heavy atom. The van der Waals surface area contributed by atoms with Crippen LogP contribution in [-0.4, -0.2) is 51.0 Å². The number of hydrogen-bond donors (Lipinski definition) is 1. The van der Waals surface area contributed by atoms with Crippen molar-refractivity contribution < 1.29 is 18.0 Å². The number of nitrogens with one attached hydrogen (secondary N) is 1. The van der Waals surface area contributed by atoms with E-state index in [9.17, 15) is 18.0 Å². The summed E-state index contributed by atoms with van der Waals surface area (Å²) in [6.07, 6.45) is 1.13. The molecule has 2 amide bonds. The van der Waals surface area contributed by atoms with Crippen LogP contribution in [0.25, 0.3) is 0 Å². The topological polar surface area (TPSA) is 86.8 Å². The van der Waals surface area contributed by atoms with Gasteiger partial charge in [0.05, 0.1) is 11.9 Å². The van der Waals surface area contributed by atoms with Gasteiger partial charge in [0, 0.05) is 45.7 Å². The molecule has 0 aliphatic heterocycles. The fraction of sp³-hybridized carbons (Fsp3) is 0.231. The van der Waals surface area contributed by atoms with Crippen molar-refractivity contribution in [1.82, 2.24) is 10.2 Å². The van der Waals surface area contributed by atoms with Gasteiger partial charge in [-0.3, -0.25) is 13.9 Å². The lowest BCUT2D eigenvalue weighted by molar-refractivity contribution is -0.139. The maximum absolute atomic E-state index is 13.9. The first-order valence-corrected chi connectivity index (χ1v) is 14.7. The first-order valence-electron chi connectivity index (χ1n) is 11.3. The van der Waals surface area contributed by atoms with E-state index in [0.717, 1.165) is 16.1 Å². The molecule has 0 unspecified atom stereocenters. The molecular weight excluding hydrogens is 592 g/mol. The molecule has 0 bridgehead atoms. The lowest BCUT2D eigenvalue weighted by Crippen LogP contribution is -2.53. The van der Waals surface area contributed by atoms with Gasteiger partial charge in [0.15, 0.2) is 0 Å². The molecule has 3 rings (SSSR count). The second kappa shape index (κ2) is 13.0. The van der Waals surface area contributed by atoms with E-state index in [2.05, 4.69) is 5.32 Å². The van der Waals surface area contributed by atoms with Gasteiger partial charge in [-0.05, 0) is 35.9 Å². The highest BCUT2D eigenvalue weighted by atomic mass is 35.5. The predicted octanol–water partition coefficient (Wildman–Crippen LogP) is 5.45. The highest BCUT2D eigenvalue weighted by Gasteiger charge is 2.33. The Kier molecular flexibility index (Phi) is 10.3. The molecule has 38 heavy (non-hydrogen) atoms. The fourth-order valence-corrected chi connectivity index (χ4v) is 5.74. The van der Waals surface area contributed by atoms with Gasteiger partial charge in [-0.25, -0.2) is 8.42 Å². The third kappa shape index (κ3) is 7.77. The second-order valence-corrected chi connectivity index (χ2v) is 12.0. The zero-order valence-electron chi connectivity index (χ0n) is 20.5. The molecule has 3 aromatic carbocycles. The SMILES string of the molecule is CNC(=O)[C@@H](Cc1ccccc1)N(Cc1c(Cl)cccc1Cl)C(=O)CN(c1cc(Cl)cc(Cl)c1)S(C)(=O)=O. The summed E-state index contributed by atoms with van der Waals surface area (Å²) in [5.74, 6) is -1.10. The van der Waals surface area contributed by atoms with E-state index in [4.69, 9.17) is 46.4 Å². The summed E-state index contributed by atoms with van der Waals surface area (Å²) in [6.45, 7) is -0.768. The maximum atomic E-state index is 13.9. The third-order valence-electron chi connectivity index (χ3n) is 5.72. The largest absolute Gasteiger partial charge is 0.357 e. The van der Waals surface area contributed by atoms with E-state index < -0.39 is 34.4 Å². The Bertz CT molecular complexity index is 1380. The number of anilines is 1. The van der Waals surface area contributed by atoms with Crippen molar-refractivity contribution in [2.24, 2.45) is 0 Å². The highest BCUT2D eigenvalue weighted by molar-refractivity contribution is 7.92. The Morgan fingerprint density at radius 2 is 1.47 bits per heavy atom. The van der Waals surface area contributed by atoms with E-state index in [0.29, 0.717) is 15.6 Å². The number of halogens is 4. The summed E-state index contributed by atoms with van der Waals surface area (Å²) in [4.78, 5) is 28.3. The summed E-state index contributed by atoms with van der Waals surface area (Å²) < 4.78 is 26.4. The number of rotatable bonds is 10. The van der Waals surface area contributed by atoms with Gasteiger partial charge in [-0.2, -0.15) is 0 Å². The average molecular weight is 617 g/mol. The van der Waals surface area contributed by atoms with Gasteiger partial charge in [-0.1, -0.05) is 82.8 Å². The quantitative estimate of drug-likeness (QED) is 0.328. The second-order valence-electron chi connectivity index (χ2n) is 8.44. The molecular formula is C26H25Cl4N3O4S. The van der Waals surface area contributed by atoms with Gasteiger partial charge in [0.1, 0.15) is 12.6 Å². The van der Waals surface area contributed by atoms with Crippen molar-refractivity contribution in [3.63, 3.8) is 0 Å². The van der Waals surface area contributed by atoms with Crippen LogP contribution in [0.2, 0.25) is 20.1 Å². The van der Waals surface area contributed by atoms with Crippen molar-refractivity contribution in [2.45, 2.75) is 19.0 Å². The number of hydrogen-bond acceptors (Lipinski definition) is 4. The minimum absolute atomic E-state index is 0.105. The molecule has 1 N–H and O–H groups in total. The van der Waals surface area contributed by atoms with E-state index in [1.807, 2.05) is 30.3 Å². The minimum Gasteiger partial charge on any atom is -0.357 e. The van der Waals surface area contributed by atoms with Crippen LogP contribution in [0.15, 0.2) is 66.7 Å². The van der Waals surface area contributed by atoms with Crippen LogP contribution in [0, 0.1) is 0 Å². The average Bonchev–Trinajstić information content (AvgIpc) is 2.84. The third-order valence-corrected chi connectivity index (χ3v) is 8.01. The van der Waals surface area contributed by atoms with Crippen LogP contribution in [0.4, 0.5) is 5.69 Å². The first-order chi connectivity index (χ1) is 17.9. The van der Waals surface area contributed by atoms with Crippen molar-refractivity contribution in [3.05, 3.63) is 97.9 Å². The molecule has 0 heterocycles. The molecule has 0 radical (unpaired) electrons. The number of sulfonamides is 1. The van der Waals surface area contributed by atoms with Crippen LogP contribution in [0.5, 0.6) is 0 Å². The van der Waals surface area contributed by atoms with Crippen LogP contribution in [0.1, 0.15) is 11.1 Å². The van der Waals surface area contributed by atoms with Crippen LogP contribution in [-0.2, 0) is 32.6 Å². The monoisotopic (exact) mass is 615 g/mol. The fourth-order valence-electron chi connectivity index (χ4n) is 3.87. The zero-order valence-corrected chi connectivity index (χ0v) is 24.3. The lowest BCUT2D eigenvalue weighted by Gasteiger charge is -2.33. The Hall–Kier alpha value is -2.49. The summed E-state index contributed by atoms with van der Waals surface area (Å²) in [5.41, 5.74) is 1.32. The van der Waals surface area contributed by atoms with Gasteiger partial charge in [-0.15, -0.1) is 0 Å². The standard InChI is InChI=1S/C26H25Cl4N3O4S/c1-31-26(35)24(11-17-7-4-3-5-8-17)32(15-21-22(29)9-6-10-23(21)30)25(34)16-33(38(2,36)37)20-13-18(27)12-19(28)14-20/h3-10,12-14,24H,11,15-16H2,1-2H3,(H,31,35)/t24-/m1/s1. The Morgan fingerprint density at radius 3 is 2.00 bits per heavy atom. The molecule has 12 heteroatoms. The Labute approximate surface area is 242 Å². The lowest BCUT2D eigenvalue weighted by atomic mass is 10.0. The minimum atomic E-state index is -3.96. The summed E-state index contributed by atoms with van der Waals surface area (Å²) in [6, 6.07) is 17.3. The van der Waals surface area contributed by atoms with Crippen molar-refractivity contribution in [2.75, 3.05) is 24.2 Å². The molecule has 0 spiro atoms. The van der Waals surface area contributed by atoms with Gasteiger partial charge >= 0.3 is 0 Å². The molecule has 0 saturated heterocycles. The molecule has 0 aliphatic rings. The number of nitrogens with zero attached hydrogens (tertiary/aromatic N) is 2. The molecule has 3 aromatic rings. The van der Waals surface area contributed by atoms with Crippen LogP contribution >= 0.6 is 46.4 Å². The van der Waals surface area contributed by atoms with Crippen LogP contribution < -0.4 is 9.62 Å². The van der Waals surface area contributed by atoms with E-state index >= 15 is 0 Å². The molecule has 0 saturated carbocycles. The molecule has 1 atom stereocenters. The number of benzene rings is 3. The zero-order chi connectivity index (χ0) is 28.0. The van der Waals surface area contributed by atoms with Crippen molar-refractivity contribution >= 4 is 73.9 Å². The molecule has 0 aromatic heterocycles. The van der Waals surface area contributed by atoms with E-state index in [-0.39, 0.29) is 28.7 Å². The van der Waals surface area contributed by atoms with Gasteiger partial charge < -0.3 is 10.2 Å². The number of likely N-dealkylation sites (N-methyl/N-ethyl adjacent to an activating group) is 1. The highest BCUT2D eigenvalue weighted by Crippen LogP contribution is 2.29. The normalized spacial score (nSPS) is 12.1. The van der Waals surface area contributed by atoms with Crippen LogP contribution in [0.3, 0.4) is 0 Å². The summed E-state index contributed by atoms with van der Waals surface area (Å²) in [7, 11) is -2.50. The van der Waals surface area contributed by atoms with Gasteiger partial charge in [0.2, 0.25) is 21.8 Å². The predicted molar refractivity (Wildman–Crippen MR) is 154 cm³/mol. The van der Waals surface area contributed by atoms with Gasteiger partial charge in [0.25, 0.3) is 0 Å². The van der Waals surface area contributed by atoms with Crippen molar-refractivity contribution in [3.8, 4) is 0 Å². The van der Waals surface area contributed by atoms with E-state index in [1.54, 1.807) is 18.2 Å². The number of carbonyl (C=O) groups is 2. The first kappa shape index (κ1) is 30.1. The Balaban J connectivity index is 2.09. The molecule has 202 valence electrons. The number of carbonyl (C=O) groups excluding carboxylic acids is 2. The molecule has 7 nitrogen and oxygen atoms in total. The maximum Gasteiger partial charge on any atom is 0.244 e. The smallest absolute Gasteiger partial charge is 0.244 e. The molecule has 0 fully saturated rings. The van der Waals surface area contributed by atoms with E-state index in [1.165, 1.54) is 30.1 Å².